The maximum Gasteiger partial charge on any atom is 0.420 e. The quantitative estimate of drug-likeness (QED) is 0.819. The third kappa shape index (κ3) is 3.12. The minimum Gasteiger partial charge on any atom is -0.332 e. The average Bonchev–Trinajstić information content (AvgIpc) is 2.93. The Morgan fingerprint density at radius 1 is 1.33 bits per heavy atom. The number of piperidine rings is 1. The summed E-state index contributed by atoms with van der Waals surface area (Å²) < 4.78 is 69.6. The van der Waals surface area contributed by atoms with E-state index in [1.54, 1.807) is 0 Å². The molecule has 1 spiro atoms. The minimum atomic E-state index is -4.58. The van der Waals surface area contributed by atoms with Crippen LogP contribution in [0.1, 0.15) is 36.6 Å². The molecule has 3 heterocycles. The molecular formula is C14H17F3N6O3S. The first-order valence-electron chi connectivity index (χ1n) is 8.22. The molecule has 27 heavy (non-hydrogen) atoms. The van der Waals surface area contributed by atoms with E-state index >= 15 is 0 Å². The van der Waals surface area contributed by atoms with Crippen LogP contribution in [0.25, 0.3) is 11.6 Å². The van der Waals surface area contributed by atoms with Gasteiger partial charge in [0.1, 0.15) is 11.3 Å². The number of aromatic nitrogens is 4. The summed E-state index contributed by atoms with van der Waals surface area (Å²) in [5.74, 6) is 0.0323. The summed E-state index contributed by atoms with van der Waals surface area (Å²) in [7, 11) is -2.34. The average molecular weight is 406 g/mol. The summed E-state index contributed by atoms with van der Waals surface area (Å²) in [6.07, 6.45) is -1.93. The fourth-order valence-corrected chi connectivity index (χ4v) is 4.51. The Morgan fingerprint density at radius 2 is 2.00 bits per heavy atom. The first-order valence-corrected chi connectivity index (χ1v) is 9.73. The van der Waals surface area contributed by atoms with Gasteiger partial charge in [-0.25, -0.2) is 5.14 Å². The van der Waals surface area contributed by atoms with Gasteiger partial charge in [0.15, 0.2) is 5.82 Å². The Kier molecular flexibility index (Phi) is 3.92. The van der Waals surface area contributed by atoms with Crippen LogP contribution in [0, 0.1) is 5.41 Å². The molecule has 4 rings (SSSR count). The highest BCUT2D eigenvalue weighted by atomic mass is 32.2. The lowest BCUT2D eigenvalue weighted by molar-refractivity contribution is -0.137. The van der Waals surface area contributed by atoms with Crippen molar-refractivity contribution in [3.63, 3.8) is 0 Å². The van der Waals surface area contributed by atoms with E-state index in [4.69, 9.17) is 9.66 Å². The summed E-state index contributed by atoms with van der Waals surface area (Å²) in [5.41, 5.74) is -1.37. The smallest absolute Gasteiger partial charge is 0.332 e. The number of hydrogen-bond acceptors (Lipinski definition) is 6. The van der Waals surface area contributed by atoms with Crippen LogP contribution in [0.5, 0.6) is 0 Å². The largest absolute Gasteiger partial charge is 0.420 e. The Bertz CT molecular complexity index is 975. The van der Waals surface area contributed by atoms with E-state index in [1.807, 2.05) is 0 Å². The van der Waals surface area contributed by atoms with Gasteiger partial charge in [-0.15, -0.1) is 0 Å². The molecule has 0 aromatic carbocycles. The number of alkyl halides is 3. The summed E-state index contributed by atoms with van der Waals surface area (Å²) >= 11 is 0. The van der Waals surface area contributed by atoms with Crippen molar-refractivity contribution in [3.05, 3.63) is 17.6 Å². The van der Waals surface area contributed by atoms with Crippen molar-refractivity contribution >= 4 is 10.2 Å². The first-order chi connectivity index (χ1) is 12.5. The van der Waals surface area contributed by atoms with Gasteiger partial charge >= 0.3 is 6.18 Å². The summed E-state index contributed by atoms with van der Waals surface area (Å²) in [6.45, 7) is 0.611. The highest BCUT2D eigenvalue weighted by Crippen LogP contribution is 2.64. The molecule has 1 saturated carbocycles. The van der Waals surface area contributed by atoms with Crippen LogP contribution < -0.4 is 5.14 Å². The third-order valence-corrected chi connectivity index (χ3v) is 6.55. The zero-order chi connectivity index (χ0) is 19.6. The van der Waals surface area contributed by atoms with E-state index in [1.165, 1.54) is 11.4 Å². The highest BCUT2D eigenvalue weighted by molar-refractivity contribution is 7.86. The summed E-state index contributed by atoms with van der Waals surface area (Å²) in [6, 6.07) is 0. The van der Waals surface area contributed by atoms with Gasteiger partial charge in [0.2, 0.25) is 0 Å². The van der Waals surface area contributed by atoms with Crippen LogP contribution in [0.2, 0.25) is 0 Å². The molecule has 0 bridgehead atoms. The van der Waals surface area contributed by atoms with Crippen molar-refractivity contribution in [1.29, 1.82) is 0 Å². The molecule has 148 valence electrons. The fourth-order valence-electron chi connectivity index (χ4n) is 3.82. The fraction of sp³-hybridized carbons (Fsp3) is 0.643. The monoisotopic (exact) mass is 406 g/mol. The standard InChI is InChI=1S/C14H17F3N6O3S/c1-22-10(9(7-19-22)14(15,16)17)12-20-11(21-26-12)8-6-13(8)2-4-23(5-3-13)27(18,24)25/h7-8H,2-6H2,1H3,(H2,18,24,25)/t8-/m0/s1. The van der Waals surface area contributed by atoms with Crippen LogP contribution >= 0.6 is 0 Å². The van der Waals surface area contributed by atoms with E-state index in [0.717, 1.165) is 17.3 Å². The molecule has 2 aromatic heterocycles. The predicted octanol–water partition coefficient (Wildman–Crippen LogP) is 1.26. The Labute approximate surface area is 152 Å². The lowest BCUT2D eigenvalue weighted by Crippen LogP contribution is -2.43. The molecule has 1 aliphatic heterocycles. The van der Waals surface area contributed by atoms with Gasteiger partial charge < -0.3 is 4.52 Å². The molecule has 1 aliphatic carbocycles. The van der Waals surface area contributed by atoms with Crippen LogP contribution in [-0.2, 0) is 23.4 Å². The Balaban J connectivity index is 1.54. The molecule has 2 aliphatic rings. The Hall–Kier alpha value is -1.99. The molecule has 2 aromatic rings. The van der Waals surface area contributed by atoms with Crippen LogP contribution in [0.3, 0.4) is 0 Å². The second-order valence-electron chi connectivity index (χ2n) is 7.05. The van der Waals surface area contributed by atoms with Crippen molar-refractivity contribution in [2.75, 3.05) is 13.1 Å². The topological polar surface area (TPSA) is 120 Å². The molecule has 0 unspecified atom stereocenters. The lowest BCUT2D eigenvalue weighted by Gasteiger charge is -2.30. The number of halogens is 3. The summed E-state index contributed by atoms with van der Waals surface area (Å²) in [5, 5.41) is 12.6. The maximum atomic E-state index is 13.1. The second-order valence-corrected chi connectivity index (χ2v) is 8.60. The molecule has 1 saturated heterocycles. The zero-order valence-electron chi connectivity index (χ0n) is 14.3. The van der Waals surface area contributed by atoms with Gasteiger partial charge in [0, 0.05) is 26.1 Å². The molecular weight excluding hydrogens is 389 g/mol. The van der Waals surface area contributed by atoms with E-state index < -0.39 is 21.9 Å². The molecule has 13 heteroatoms. The number of hydrogen-bond donors (Lipinski definition) is 1. The number of aryl methyl sites for hydroxylation is 1. The molecule has 2 N–H and O–H groups in total. The minimum absolute atomic E-state index is 0.0693. The van der Waals surface area contributed by atoms with Gasteiger partial charge in [0.05, 0.1) is 6.20 Å². The number of rotatable bonds is 3. The van der Waals surface area contributed by atoms with Crippen molar-refractivity contribution in [2.45, 2.75) is 31.4 Å². The second kappa shape index (κ2) is 5.75. The van der Waals surface area contributed by atoms with Gasteiger partial charge in [-0.3, -0.25) is 4.68 Å². The number of nitrogens with zero attached hydrogens (tertiary/aromatic N) is 5. The van der Waals surface area contributed by atoms with Crippen LogP contribution in [0.4, 0.5) is 13.2 Å². The molecule has 0 radical (unpaired) electrons. The van der Waals surface area contributed by atoms with E-state index in [0.29, 0.717) is 31.8 Å². The molecule has 9 nitrogen and oxygen atoms in total. The van der Waals surface area contributed by atoms with E-state index in [-0.39, 0.29) is 22.9 Å². The zero-order valence-corrected chi connectivity index (χ0v) is 15.1. The SMILES string of the molecule is Cn1ncc(C(F)(F)F)c1-c1nc([C@@H]2CC23CCN(S(N)(=O)=O)CC3)no1. The van der Waals surface area contributed by atoms with Crippen LogP contribution in [0.15, 0.2) is 10.7 Å². The normalized spacial score (nSPS) is 23.1. The van der Waals surface area contributed by atoms with Gasteiger partial charge in [-0.2, -0.15) is 36.0 Å². The van der Waals surface area contributed by atoms with E-state index in [9.17, 15) is 21.6 Å². The van der Waals surface area contributed by atoms with Crippen molar-refractivity contribution in [1.82, 2.24) is 24.2 Å². The lowest BCUT2D eigenvalue weighted by atomic mass is 9.92. The van der Waals surface area contributed by atoms with Gasteiger partial charge in [0.25, 0.3) is 16.1 Å². The molecule has 0 amide bonds. The van der Waals surface area contributed by atoms with Gasteiger partial charge in [-0.1, -0.05) is 5.16 Å². The van der Waals surface area contributed by atoms with E-state index in [2.05, 4.69) is 15.2 Å². The van der Waals surface area contributed by atoms with Gasteiger partial charge in [-0.05, 0) is 24.7 Å². The third-order valence-electron chi connectivity index (χ3n) is 5.47. The summed E-state index contributed by atoms with van der Waals surface area (Å²) in [4.78, 5) is 4.17. The Morgan fingerprint density at radius 3 is 2.59 bits per heavy atom. The maximum absolute atomic E-state index is 13.1. The highest BCUT2D eigenvalue weighted by Gasteiger charge is 2.58. The van der Waals surface area contributed by atoms with Crippen molar-refractivity contribution in [3.8, 4) is 11.6 Å². The van der Waals surface area contributed by atoms with Crippen molar-refractivity contribution < 1.29 is 26.1 Å². The molecule has 1 atom stereocenters. The number of nitrogens with two attached hydrogens (primary N) is 1. The molecule has 2 fully saturated rings. The first kappa shape index (κ1) is 18.4. The predicted molar refractivity (Wildman–Crippen MR) is 85.2 cm³/mol. The van der Waals surface area contributed by atoms with Crippen molar-refractivity contribution in [2.24, 2.45) is 17.6 Å². The van der Waals surface area contributed by atoms with Crippen LogP contribution in [-0.4, -0.2) is 45.7 Å².